The van der Waals surface area contributed by atoms with Crippen molar-refractivity contribution in [2.24, 2.45) is 5.73 Å². The third kappa shape index (κ3) is 7.87. The van der Waals surface area contributed by atoms with Crippen LogP contribution in [0.2, 0.25) is 0 Å². The number of rotatable bonds is 11. The molecule has 0 spiro atoms. The van der Waals surface area contributed by atoms with Gasteiger partial charge in [-0.25, -0.2) is 4.79 Å². The Kier molecular flexibility index (Phi) is 9.63. The molecule has 0 bridgehead atoms. The van der Waals surface area contributed by atoms with Crippen LogP contribution in [-0.4, -0.2) is 35.8 Å². The van der Waals surface area contributed by atoms with Crippen molar-refractivity contribution in [1.29, 1.82) is 0 Å². The quantitative estimate of drug-likeness (QED) is 0.177. The molecule has 224 valence electrons. The van der Waals surface area contributed by atoms with Crippen LogP contribution in [0, 0.1) is 0 Å². The van der Waals surface area contributed by atoms with Gasteiger partial charge in [-0.1, -0.05) is 78.9 Å². The molecule has 0 aliphatic carbocycles. The number of urea groups is 1. The summed E-state index contributed by atoms with van der Waals surface area (Å²) in [5.74, 6) is -1.52. The molecular formula is C34H33N5O5. The number of benzene rings is 4. The predicted octanol–water partition coefficient (Wildman–Crippen LogP) is 4.09. The monoisotopic (exact) mass is 591 g/mol. The fourth-order valence-corrected chi connectivity index (χ4v) is 4.94. The highest BCUT2D eigenvalue weighted by molar-refractivity contribution is 6.05. The molecule has 4 aromatic carbocycles. The maximum Gasteiger partial charge on any atom is 0.322 e. The minimum Gasteiger partial charge on any atom is -0.489 e. The lowest BCUT2D eigenvalue weighted by Gasteiger charge is -2.21. The Balaban J connectivity index is 1.18. The first-order chi connectivity index (χ1) is 21.4. The van der Waals surface area contributed by atoms with E-state index in [1.807, 2.05) is 48.5 Å². The van der Waals surface area contributed by atoms with Crippen LogP contribution >= 0.6 is 0 Å². The van der Waals surface area contributed by atoms with Gasteiger partial charge < -0.3 is 26.4 Å². The number of anilines is 2. The Morgan fingerprint density at radius 2 is 1.45 bits per heavy atom. The largest absolute Gasteiger partial charge is 0.489 e. The van der Waals surface area contributed by atoms with Crippen LogP contribution in [0.4, 0.5) is 16.2 Å². The van der Waals surface area contributed by atoms with Crippen LogP contribution in [0.25, 0.3) is 0 Å². The standard InChI is InChI=1S/C34H33N5O5/c35-28(19-22-15-17-25(18-16-22)44-21-23-9-3-1-4-10-23)32(41)39-34(43)38-30(33(42)36-24-11-5-2-6-12-24)20-27-26-13-7-8-14-29(26)37-31(27)40/h1-18,27-28,30H,19-21,35H2,(H,36,42)(H,37,40)(H2,38,39,41,43)/t27?,28-,30-/m0/s1. The molecule has 1 aliphatic rings. The van der Waals surface area contributed by atoms with Gasteiger partial charge in [0, 0.05) is 11.4 Å². The maximum atomic E-state index is 13.3. The van der Waals surface area contributed by atoms with E-state index in [4.69, 9.17) is 10.5 Å². The van der Waals surface area contributed by atoms with E-state index in [1.165, 1.54) is 0 Å². The van der Waals surface area contributed by atoms with E-state index in [0.717, 1.165) is 16.7 Å². The third-order valence-electron chi connectivity index (χ3n) is 7.25. The predicted molar refractivity (Wildman–Crippen MR) is 167 cm³/mol. The molecule has 44 heavy (non-hydrogen) atoms. The Labute approximate surface area is 255 Å². The number of nitrogens with two attached hydrogens (primary N) is 1. The molecule has 0 saturated heterocycles. The highest BCUT2D eigenvalue weighted by atomic mass is 16.5. The summed E-state index contributed by atoms with van der Waals surface area (Å²) in [6.07, 6.45) is 0.156. The molecule has 10 heteroatoms. The molecule has 1 unspecified atom stereocenters. The van der Waals surface area contributed by atoms with Gasteiger partial charge in [0.1, 0.15) is 18.4 Å². The minimum absolute atomic E-state index is 0.0200. The van der Waals surface area contributed by atoms with Crippen LogP contribution in [0.15, 0.2) is 109 Å². The van der Waals surface area contributed by atoms with Gasteiger partial charge in [-0.05, 0) is 59.9 Å². The molecular weight excluding hydrogens is 558 g/mol. The molecule has 0 fully saturated rings. The molecule has 4 aromatic rings. The minimum atomic E-state index is -1.13. The summed E-state index contributed by atoms with van der Waals surface area (Å²) in [5.41, 5.74) is 9.85. The summed E-state index contributed by atoms with van der Waals surface area (Å²) in [7, 11) is 0. The summed E-state index contributed by atoms with van der Waals surface area (Å²) in [6.45, 7) is 0.430. The number of hydrogen-bond donors (Lipinski definition) is 5. The number of amides is 5. The Morgan fingerprint density at radius 3 is 2.18 bits per heavy atom. The highest BCUT2D eigenvalue weighted by Gasteiger charge is 2.35. The zero-order valence-corrected chi connectivity index (χ0v) is 23.9. The second kappa shape index (κ2) is 14.1. The SMILES string of the molecule is N[C@@H](Cc1ccc(OCc2ccccc2)cc1)C(=O)NC(=O)N[C@@H](CC1C(=O)Nc2ccccc21)C(=O)Nc1ccccc1. The van der Waals surface area contributed by atoms with Gasteiger partial charge >= 0.3 is 6.03 Å². The number of carbonyl (C=O) groups is 4. The van der Waals surface area contributed by atoms with Crippen molar-refractivity contribution >= 4 is 35.1 Å². The first-order valence-corrected chi connectivity index (χ1v) is 14.2. The van der Waals surface area contributed by atoms with Crippen molar-refractivity contribution in [3.8, 4) is 5.75 Å². The Hall–Kier alpha value is -5.48. The van der Waals surface area contributed by atoms with E-state index in [1.54, 1.807) is 60.7 Å². The third-order valence-corrected chi connectivity index (χ3v) is 7.25. The van der Waals surface area contributed by atoms with Gasteiger partial charge in [-0.2, -0.15) is 0 Å². The number of para-hydroxylation sites is 2. The average molecular weight is 592 g/mol. The Bertz CT molecular complexity index is 1610. The number of carbonyl (C=O) groups excluding carboxylic acids is 4. The molecule has 6 N–H and O–H groups in total. The summed E-state index contributed by atoms with van der Waals surface area (Å²) in [6, 6.07) is 29.9. The fraction of sp³-hybridized carbons (Fsp3) is 0.176. The van der Waals surface area contributed by atoms with Crippen LogP contribution in [-0.2, 0) is 27.4 Å². The molecule has 10 nitrogen and oxygen atoms in total. The maximum absolute atomic E-state index is 13.3. The van der Waals surface area contributed by atoms with E-state index < -0.39 is 35.8 Å². The van der Waals surface area contributed by atoms with Gasteiger partial charge in [0.05, 0.1) is 12.0 Å². The first-order valence-electron chi connectivity index (χ1n) is 14.2. The molecule has 5 amide bonds. The van der Waals surface area contributed by atoms with Crippen molar-refractivity contribution in [3.05, 3.63) is 126 Å². The number of ether oxygens (including phenoxy) is 1. The molecule has 0 radical (unpaired) electrons. The fourth-order valence-electron chi connectivity index (χ4n) is 4.94. The smallest absolute Gasteiger partial charge is 0.322 e. The van der Waals surface area contributed by atoms with Gasteiger partial charge in [0.2, 0.25) is 17.7 Å². The van der Waals surface area contributed by atoms with Gasteiger partial charge in [-0.3, -0.25) is 19.7 Å². The number of nitrogens with one attached hydrogen (secondary N) is 4. The highest BCUT2D eigenvalue weighted by Crippen LogP contribution is 2.35. The topological polar surface area (TPSA) is 152 Å². The lowest BCUT2D eigenvalue weighted by molar-refractivity contribution is -0.122. The van der Waals surface area contributed by atoms with Gasteiger partial charge in [0.25, 0.3) is 0 Å². The van der Waals surface area contributed by atoms with Crippen molar-refractivity contribution in [1.82, 2.24) is 10.6 Å². The molecule has 1 heterocycles. The number of fused-ring (bicyclic) bond motifs is 1. The van der Waals surface area contributed by atoms with Gasteiger partial charge in [0.15, 0.2) is 0 Å². The average Bonchev–Trinajstić information content (AvgIpc) is 3.35. The second-order valence-corrected chi connectivity index (χ2v) is 10.5. The van der Waals surface area contributed by atoms with Crippen molar-refractivity contribution in [2.45, 2.75) is 37.5 Å². The summed E-state index contributed by atoms with van der Waals surface area (Å²) in [4.78, 5) is 51.7. The summed E-state index contributed by atoms with van der Waals surface area (Å²) in [5, 5.41) is 10.4. The molecule has 0 saturated carbocycles. The zero-order valence-electron chi connectivity index (χ0n) is 23.9. The van der Waals surface area contributed by atoms with E-state index in [2.05, 4.69) is 21.3 Å². The number of hydrogen-bond acceptors (Lipinski definition) is 6. The van der Waals surface area contributed by atoms with Crippen molar-refractivity contribution < 1.29 is 23.9 Å². The van der Waals surface area contributed by atoms with E-state index >= 15 is 0 Å². The number of imide groups is 1. The normalized spacial score (nSPS) is 14.8. The van der Waals surface area contributed by atoms with Crippen molar-refractivity contribution in [2.75, 3.05) is 10.6 Å². The zero-order chi connectivity index (χ0) is 30.9. The summed E-state index contributed by atoms with van der Waals surface area (Å²) >= 11 is 0. The molecule has 1 aliphatic heterocycles. The molecule has 3 atom stereocenters. The Morgan fingerprint density at radius 1 is 0.795 bits per heavy atom. The first kappa shape index (κ1) is 30.0. The van der Waals surface area contributed by atoms with Crippen molar-refractivity contribution in [3.63, 3.8) is 0 Å². The summed E-state index contributed by atoms with van der Waals surface area (Å²) < 4.78 is 5.80. The van der Waals surface area contributed by atoms with Crippen LogP contribution in [0.5, 0.6) is 5.75 Å². The van der Waals surface area contributed by atoms with Crippen LogP contribution in [0.1, 0.15) is 29.0 Å². The van der Waals surface area contributed by atoms with Gasteiger partial charge in [-0.15, -0.1) is 0 Å². The van der Waals surface area contributed by atoms with Crippen LogP contribution in [0.3, 0.4) is 0 Å². The van der Waals surface area contributed by atoms with E-state index in [9.17, 15) is 19.2 Å². The van der Waals surface area contributed by atoms with E-state index in [-0.39, 0.29) is 18.7 Å². The van der Waals surface area contributed by atoms with E-state index in [0.29, 0.717) is 23.7 Å². The van der Waals surface area contributed by atoms with Crippen LogP contribution < -0.4 is 31.7 Å². The lowest BCUT2D eigenvalue weighted by Crippen LogP contribution is -2.53. The molecule has 0 aromatic heterocycles. The lowest BCUT2D eigenvalue weighted by atomic mass is 9.93. The molecule has 5 rings (SSSR count). The second-order valence-electron chi connectivity index (χ2n) is 10.5.